The van der Waals surface area contributed by atoms with Crippen LogP contribution in [-0.2, 0) is 32.3 Å². The number of aryl methyl sites for hydroxylation is 1. The van der Waals surface area contributed by atoms with Crippen LogP contribution >= 0.6 is 0 Å². The Kier molecular flexibility index (Phi) is 10.6. The molecule has 0 saturated heterocycles. The van der Waals surface area contributed by atoms with Crippen LogP contribution in [0.4, 0.5) is 18.9 Å². The number of anilines is 1. The van der Waals surface area contributed by atoms with Gasteiger partial charge in [-0.05, 0) is 64.3 Å². The first-order chi connectivity index (χ1) is 17.9. The molecule has 0 heterocycles. The maximum atomic E-state index is 13.5. The zero-order valence-electron chi connectivity index (χ0n) is 23.3. The van der Waals surface area contributed by atoms with E-state index in [1.165, 1.54) is 11.0 Å². The molecule has 0 spiro atoms. The molecule has 2 amide bonds. The summed E-state index contributed by atoms with van der Waals surface area (Å²) in [5, 5.41) is 2.92. The Balaban J connectivity index is 2.28. The van der Waals surface area contributed by atoms with Crippen molar-refractivity contribution in [2.24, 2.45) is 0 Å². The predicted molar refractivity (Wildman–Crippen MR) is 147 cm³/mol. The third-order valence-electron chi connectivity index (χ3n) is 5.93. The van der Waals surface area contributed by atoms with E-state index in [0.29, 0.717) is 6.42 Å². The summed E-state index contributed by atoms with van der Waals surface area (Å²) in [5.41, 5.74) is 0.227. The summed E-state index contributed by atoms with van der Waals surface area (Å²) in [7, 11) is -3.93. The predicted octanol–water partition coefficient (Wildman–Crippen LogP) is 5.28. The standard InChI is InChI=1S/C28H38F3N3O4S/c1-7-24(26(36)32-27(3,4)5)33(19-21-12-8-11-20(2)17-21)25(35)15-10-16-34(39(6,37)38)23-14-9-13-22(18-23)28(29,30)31/h8-9,11-14,17-18,24H,7,10,15-16,19H2,1-6H3,(H,32,36)/t24-/m0/s1. The largest absolute Gasteiger partial charge is 0.416 e. The second kappa shape index (κ2) is 12.8. The summed E-state index contributed by atoms with van der Waals surface area (Å²) in [4.78, 5) is 28.1. The summed E-state index contributed by atoms with van der Waals surface area (Å²) < 4.78 is 65.4. The SMILES string of the molecule is CC[C@@H](C(=O)NC(C)(C)C)N(Cc1cccc(C)c1)C(=O)CCCN(c1cccc(C(F)(F)F)c1)S(C)(=O)=O. The van der Waals surface area contributed by atoms with E-state index < -0.39 is 33.3 Å². The molecule has 0 fully saturated rings. The average molecular weight is 570 g/mol. The number of carbonyl (C=O) groups excluding carboxylic acids is 2. The second-order valence-corrected chi connectivity index (χ2v) is 12.6. The van der Waals surface area contributed by atoms with Gasteiger partial charge >= 0.3 is 6.18 Å². The van der Waals surface area contributed by atoms with E-state index in [-0.39, 0.29) is 43.4 Å². The van der Waals surface area contributed by atoms with Crippen LogP contribution in [0.2, 0.25) is 0 Å². The van der Waals surface area contributed by atoms with Crippen LogP contribution in [-0.4, -0.2) is 49.5 Å². The first-order valence-electron chi connectivity index (χ1n) is 12.7. The van der Waals surface area contributed by atoms with Crippen molar-refractivity contribution in [2.75, 3.05) is 17.1 Å². The smallest absolute Gasteiger partial charge is 0.350 e. The molecule has 2 aromatic rings. The fourth-order valence-electron chi connectivity index (χ4n) is 4.22. The minimum absolute atomic E-state index is 0.0454. The summed E-state index contributed by atoms with van der Waals surface area (Å²) >= 11 is 0. The fourth-order valence-corrected chi connectivity index (χ4v) is 5.18. The minimum Gasteiger partial charge on any atom is -0.350 e. The highest BCUT2D eigenvalue weighted by atomic mass is 32.2. The molecule has 0 unspecified atom stereocenters. The van der Waals surface area contributed by atoms with Gasteiger partial charge in [-0.2, -0.15) is 13.2 Å². The molecule has 2 aromatic carbocycles. The maximum Gasteiger partial charge on any atom is 0.416 e. The van der Waals surface area contributed by atoms with Crippen molar-refractivity contribution in [3.63, 3.8) is 0 Å². The molecule has 2 rings (SSSR count). The van der Waals surface area contributed by atoms with Crippen molar-refractivity contribution in [3.8, 4) is 0 Å². The van der Waals surface area contributed by atoms with Gasteiger partial charge in [0, 0.05) is 25.0 Å². The quantitative estimate of drug-likeness (QED) is 0.399. The Bertz CT molecular complexity index is 1260. The first-order valence-corrected chi connectivity index (χ1v) is 14.6. The van der Waals surface area contributed by atoms with Crippen LogP contribution in [0.3, 0.4) is 0 Å². The third-order valence-corrected chi connectivity index (χ3v) is 7.13. The van der Waals surface area contributed by atoms with E-state index in [2.05, 4.69) is 5.32 Å². The normalized spacial score (nSPS) is 13.1. The molecule has 0 bridgehead atoms. The lowest BCUT2D eigenvalue weighted by molar-refractivity contribution is -0.142. The molecule has 1 atom stereocenters. The van der Waals surface area contributed by atoms with E-state index in [4.69, 9.17) is 0 Å². The topological polar surface area (TPSA) is 86.8 Å². The van der Waals surface area contributed by atoms with Gasteiger partial charge in [0.05, 0.1) is 17.5 Å². The van der Waals surface area contributed by atoms with E-state index >= 15 is 0 Å². The Morgan fingerprint density at radius 1 is 1.03 bits per heavy atom. The number of hydrogen-bond donors (Lipinski definition) is 1. The lowest BCUT2D eigenvalue weighted by atomic mass is 10.0. The molecule has 0 aliphatic rings. The highest BCUT2D eigenvalue weighted by molar-refractivity contribution is 7.92. The lowest BCUT2D eigenvalue weighted by Crippen LogP contribution is -2.53. The average Bonchev–Trinajstić information content (AvgIpc) is 2.79. The number of carbonyl (C=O) groups is 2. The first kappa shape index (κ1) is 32.1. The zero-order chi connectivity index (χ0) is 29.6. The van der Waals surface area contributed by atoms with E-state index in [9.17, 15) is 31.2 Å². The molecule has 1 N–H and O–H groups in total. The van der Waals surface area contributed by atoms with Gasteiger partial charge in [0.1, 0.15) is 6.04 Å². The van der Waals surface area contributed by atoms with Crippen molar-refractivity contribution in [1.82, 2.24) is 10.2 Å². The number of nitrogens with one attached hydrogen (secondary N) is 1. The number of sulfonamides is 1. The van der Waals surface area contributed by atoms with Gasteiger partial charge in [-0.15, -0.1) is 0 Å². The molecule has 7 nitrogen and oxygen atoms in total. The number of benzene rings is 2. The number of nitrogens with zero attached hydrogens (tertiary/aromatic N) is 2. The molecule has 216 valence electrons. The summed E-state index contributed by atoms with van der Waals surface area (Å²) in [6.07, 6.45) is -3.42. The summed E-state index contributed by atoms with van der Waals surface area (Å²) in [6.45, 7) is 9.25. The van der Waals surface area contributed by atoms with Crippen molar-refractivity contribution < 1.29 is 31.2 Å². The van der Waals surface area contributed by atoms with Crippen LogP contribution in [0.5, 0.6) is 0 Å². The Morgan fingerprint density at radius 3 is 2.21 bits per heavy atom. The number of rotatable bonds is 11. The molecule has 11 heteroatoms. The van der Waals surface area contributed by atoms with Crippen LogP contribution in [0, 0.1) is 6.92 Å². The van der Waals surface area contributed by atoms with Gasteiger partial charge in [0.2, 0.25) is 21.8 Å². The van der Waals surface area contributed by atoms with Gasteiger partial charge < -0.3 is 10.2 Å². The molecule has 0 radical (unpaired) electrons. The van der Waals surface area contributed by atoms with Crippen LogP contribution in [0.1, 0.15) is 63.6 Å². The maximum absolute atomic E-state index is 13.5. The highest BCUT2D eigenvalue weighted by Crippen LogP contribution is 2.32. The Morgan fingerprint density at radius 2 is 1.67 bits per heavy atom. The molecule has 0 saturated carbocycles. The Hall–Kier alpha value is -3.08. The van der Waals surface area contributed by atoms with E-state index in [0.717, 1.165) is 39.9 Å². The van der Waals surface area contributed by atoms with Crippen molar-refractivity contribution in [2.45, 2.75) is 78.2 Å². The minimum atomic E-state index is -4.63. The third kappa shape index (κ3) is 9.87. The number of alkyl halides is 3. The van der Waals surface area contributed by atoms with E-state index in [1.807, 2.05) is 58.9 Å². The zero-order valence-corrected chi connectivity index (χ0v) is 24.1. The van der Waals surface area contributed by atoms with E-state index in [1.54, 1.807) is 0 Å². The van der Waals surface area contributed by atoms with Crippen molar-refractivity contribution in [3.05, 3.63) is 65.2 Å². The molecular formula is C28H38F3N3O4S. The molecule has 39 heavy (non-hydrogen) atoms. The molecule has 0 aromatic heterocycles. The number of hydrogen-bond acceptors (Lipinski definition) is 4. The van der Waals surface area contributed by atoms with Crippen LogP contribution < -0.4 is 9.62 Å². The van der Waals surface area contributed by atoms with Gasteiger partial charge in [-0.25, -0.2) is 8.42 Å². The number of amides is 2. The summed E-state index contributed by atoms with van der Waals surface area (Å²) in [6, 6.07) is 10.9. The second-order valence-electron chi connectivity index (χ2n) is 10.7. The van der Waals surface area contributed by atoms with Gasteiger partial charge in [-0.3, -0.25) is 13.9 Å². The van der Waals surface area contributed by atoms with Crippen molar-refractivity contribution in [1.29, 1.82) is 0 Å². The molecule has 0 aliphatic heterocycles. The van der Waals surface area contributed by atoms with Crippen LogP contribution in [0.15, 0.2) is 48.5 Å². The molecule has 0 aliphatic carbocycles. The lowest BCUT2D eigenvalue weighted by Gasteiger charge is -2.33. The van der Waals surface area contributed by atoms with Gasteiger partial charge in [-0.1, -0.05) is 42.8 Å². The highest BCUT2D eigenvalue weighted by Gasteiger charge is 2.33. The van der Waals surface area contributed by atoms with Crippen LogP contribution in [0.25, 0.3) is 0 Å². The van der Waals surface area contributed by atoms with Gasteiger partial charge in [0.25, 0.3) is 0 Å². The number of halogens is 3. The Labute approximate surface area is 229 Å². The van der Waals surface area contributed by atoms with Crippen molar-refractivity contribution >= 4 is 27.5 Å². The fraction of sp³-hybridized carbons (Fsp3) is 0.500. The molecular weight excluding hydrogens is 531 g/mol. The van der Waals surface area contributed by atoms with Gasteiger partial charge in [0.15, 0.2) is 0 Å². The monoisotopic (exact) mass is 569 g/mol. The summed E-state index contributed by atoms with van der Waals surface area (Å²) in [5.74, 6) is -0.655.